The number of rotatable bonds is 5. The monoisotopic (exact) mass is 325 g/mol. The van der Waals surface area contributed by atoms with Gasteiger partial charge in [-0.3, -0.25) is 0 Å². The van der Waals surface area contributed by atoms with E-state index >= 15 is 0 Å². The summed E-state index contributed by atoms with van der Waals surface area (Å²) in [7, 11) is 0. The van der Waals surface area contributed by atoms with Crippen molar-refractivity contribution >= 4 is 16.7 Å². The van der Waals surface area contributed by atoms with Crippen LogP contribution in [0.25, 0.3) is 10.9 Å². The number of hydrogen-bond acceptors (Lipinski definition) is 2. The number of halogens is 1. The first kappa shape index (κ1) is 16.5. The number of benzene rings is 1. The van der Waals surface area contributed by atoms with Crippen molar-refractivity contribution in [2.75, 3.05) is 5.32 Å². The molecule has 0 aliphatic heterocycles. The van der Waals surface area contributed by atoms with E-state index < -0.39 is 0 Å². The molecule has 0 atom stereocenters. The van der Waals surface area contributed by atoms with E-state index in [-0.39, 0.29) is 5.82 Å². The van der Waals surface area contributed by atoms with E-state index in [2.05, 4.69) is 41.7 Å². The first-order valence-electron chi connectivity index (χ1n) is 8.46. The molecule has 24 heavy (non-hydrogen) atoms. The lowest BCUT2D eigenvalue weighted by molar-refractivity contribution is 0.625. The normalized spacial score (nSPS) is 11.2. The summed E-state index contributed by atoms with van der Waals surface area (Å²) >= 11 is 0. The maximum absolute atomic E-state index is 13.3. The molecule has 1 N–H and O–H groups in total. The highest BCUT2D eigenvalue weighted by Crippen LogP contribution is 2.30. The molecule has 0 spiro atoms. The number of aromatic nitrogens is 2. The number of hydrogen-bond donors (Lipinski definition) is 1. The summed E-state index contributed by atoms with van der Waals surface area (Å²) in [5.74, 6) is 0.695. The van der Waals surface area contributed by atoms with Crippen LogP contribution in [0.3, 0.4) is 0 Å². The van der Waals surface area contributed by atoms with E-state index in [1.807, 2.05) is 19.2 Å². The van der Waals surface area contributed by atoms with Crippen LogP contribution in [0.4, 0.5) is 10.2 Å². The van der Waals surface area contributed by atoms with E-state index in [1.54, 1.807) is 6.07 Å². The number of fused-ring (bicyclic) bond motifs is 1. The highest BCUT2D eigenvalue weighted by Gasteiger charge is 2.14. The second-order valence-corrected chi connectivity index (χ2v) is 6.34. The maximum Gasteiger partial charge on any atom is 0.150 e. The van der Waals surface area contributed by atoms with Gasteiger partial charge in [-0.05, 0) is 62.1 Å². The standard InChI is InChI=1S/C20H24FN3/c1-5-10-24-15(4)14(3)18-8-9-22-20(19(18)24)23-12-16-6-7-17(21)11-13(16)2/h6-9,11H,5,10,12H2,1-4H3,(H,22,23). The van der Waals surface area contributed by atoms with Gasteiger partial charge in [0, 0.05) is 30.4 Å². The Hall–Kier alpha value is -2.36. The van der Waals surface area contributed by atoms with Gasteiger partial charge in [0.1, 0.15) is 5.82 Å². The molecule has 0 saturated carbocycles. The Labute approximate surface area is 142 Å². The van der Waals surface area contributed by atoms with Crippen LogP contribution < -0.4 is 5.32 Å². The molecule has 0 bridgehead atoms. The fraction of sp³-hybridized carbons (Fsp3) is 0.350. The van der Waals surface area contributed by atoms with E-state index in [9.17, 15) is 4.39 Å². The van der Waals surface area contributed by atoms with Crippen molar-refractivity contribution in [3.05, 3.63) is 58.7 Å². The minimum Gasteiger partial charge on any atom is -0.364 e. The van der Waals surface area contributed by atoms with Crippen molar-refractivity contribution in [2.24, 2.45) is 0 Å². The number of pyridine rings is 1. The molecule has 1 aromatic carbocycles. The van der Waals surface area contributed by atoms with Gasteiger partial charge in [-0.25, -0.2) is 9.37 Å². The zero-order valence-corrected chi connectivity index (χ0v) is 14.8. The molecule has 2 heterocycles. The molecule has 3 aromatic rings. The molecule has 0 unspecified atom stereocenters. The topological polar surface area (TPSA) is 29.9 Å². The molecule has 4 heteroatoms. The average Bonchev–Trinajstić information content (AvgIpc) is 2.80. The first-order chi connectivity index (χ1) is 11.5. The summed E-state index contributed by atoms with van der Waals surface area (Å²) in [6, 6.07) is 6.99. The lowest BCUT2D eigenvalue weighted by atomic mass is 10.1. The van der Waals surface area contributed by atoms with Crippen molar-refractivity contribution in [3.8, 4) is 0 Å². The highest BCUT2D eigenvalue weighted by atomic mass is 19.1. The molecule has 2 aromatic heterocycles. The van der Waals surface area contributed by atoms with Gasteiger partial charge in [-0.1, -0.05) is 13.0 Å². The zero-order valence-electron chi connectivity index (χ0n) is 14.8. The molecular weight excluding hydrogens is 301 g/mol. The predicted octanol–water partition coefficient (Wildman–Crippen LogP) is 5.12. The average molecular weight is 325 g/mol. The second-order valence-electron chi connectivity index (χ2n) is 6.34. The molecular formula is C20H24FN3. The Kier molecular flexibility index (Phi) is 4.56. The maximum atomic E-state index is 13.3. The van der Waals surface area contributed by atoms with Gasteiger partial charge in [-0.2, -0.15) is 0 Å². The molecule has 3 nitrogen and oxygen atoms in total. The Morgan fingerprint density at radius 1 is 1.17 bits per heavy atom. The van der Waals surface area contributed by atoms with E-state index in [4.69, 9.17) is 0 Å². The summed E-state index contributed by atoms with van der Waals surface area (Å²) in [5.41, 5.74) is 5.79. The molecule has 126 valence electrons. The number of nitrogens with one attached hydrogen (secondary N) is 1. The second kappa shape index (κ2) is 6.63. The fourth-order valence-corrected chi connectivity index (χ4v) is 3.26. The zero-order chi connectivity index (χ0) is 17.3. The number of aryl methyl sites for hydroxylation is 3. The van der Waals surface area contributed by atoms with Crippen LogP contribution >= 0.6 is 0 Å². The van der Waals surface area contributed by atoms with Crippen LogP contribution in [0, 0.1) is 26.6 Å². The number of nitrogens with zero attached hydrogens (tertiary/aromatic N) is 2. The van der Waals surface area contributed by atoms with Crippen LogP contribution in [0.5, 0.6) is 0 Å². The Bertz CT molecular complexity index is 880. The molecule has 0 aliphatic rings. The third kappa shape index (κ3) is 2.88. The van der Waals surface area contributed by atoms with E-state index in [1.165, 1.54) is 22.7 Å². The lowest BCUT2D eigenvalue weighted by Crippen LogP contribution is -2.07. The number of anilines is 1. The minimum absolute atomic E-state index is 0.195. The van der Waals surface area contributed by atoms with Gasteiger partial charge < -0.3 is 9.88 Å². The summed E-state index contributed by atoms with van der Waals surface area (Å²) < 4.78 is 15.6. The SMILES string of the molecule is CCCn1c(C)c(C)c2ccnc(NCc3ccc(F)cc3C)c21. The summed E-state index contributed by atoms with van der Waals surface area (Å²) in [4.78, 5) is 4.56. The van der Waals surface area contributed by atoms with Gasteiger partial charge in [0.05, 0.1) is 5.52 Å². The van der Waals surface area contributed by atoms with Gasteiger partial charge in [0.2, 0.25) is 0 Å². The van der Waals surface area contributed by atoms with Gasteiger partial charge in [0.25, 0.3) is 0 Å². The van der Waals surface area contributed by atoms with Crippen LogP contribution in [0.2, 0.25) is 0 Å². The van der Waals surface area contributed by atoms with Crippen LogP contribution in [0.15, 0.2) is 30.5 Å². The van der Waals surface area contributed by atoms with Crippen LogP contribution in [-0.4, -0.2) is 9.55 Å². The van der Waals surface area contributed by atoms with Crippen molar-refractivity contribution in [1.29, 1.82) is 0 Å². The minimum atomic E-state index is -0.195. The molecule has 0 fully saturated rings. The van der Waals surface area contributed by atoms with Gasteiger partial charge in [0.15, 0.2) is 5.82 Å². The third-order valence-electron chi connectivity index (χ3n) is 4.74. The summed E-state index contributed by atoms with van der Waals surface area (Å²) in [6.07, 6.45) is 2.93. The van der Waals surface area contributed by atoms with Gasteiger partial charge >= 0.3 is 0 Å². The summed E-state index contributed by atoms with van der Waals surface area (Å²) in [6.45, 7) is 10.1. The summed E-state index contributed by atoms with van der Waals surface area (Å²) in [5, 5.41) is 4.69. The highest BCUT2D eigenvalue weighted by molar-refractivity contribution is 5.93. The Morgan fingerprint density at radius 2 is 1.96 bits per heavy atom. The van der Waals surface area contributed by atoms with Gasteiger partial charge in [-0.15, -0.1) is 0 Å². The van der Waals surface area contributed by atoms with Crippen molar-refractivity contribution in [1.82, 2.24) is 9.55 Å². The molecule has 0 saturated heterocycles. The molecule has 3 rings (SSSR count). The van der Waals surface area contributed by atoms with E-state index in [0.717, 1.165) is 35.4 Å². The largest absolute Gasteiger partial charge is 0.364 e. The smallest absolute Gasteiger partial charge is 0.150 e. The van der Waals surface area contributed by atoms with Crippen molar-refractivity contribution in [3.63, 3.8) is 0 Å². The molecule has 0 radical (unpaired) electrons. The quantitative estimate of drug-likeness (QED) is 0.705. The lowest BCUT2D eigenvalue weighted by Gasteiger charge is -2.12. The van der Waals surface area contributed by atoms with Crippen LogP contribution in [-0.2, 0) is 13.1 Å². The van der Waals surface area contributed by atoms with Crippen molar-refractivity contribution in [2.45, 2.75) is 47.2 Å². The first-order valence-corrected chi connectivity index (χ1v) is 8.46. The molecule has 0 aliphatic carbocycles. The molecule has 0 amide bonds. The fourth-order valence-electron chi connectivity index (χ4n) is 3.26. The van der Waals surface area contributed by atoms with Crippen molar-refractivity contribution < 1.29 is 4.39 Å². The Balaban J connectivity index is 1.98. The predicted molar refractivity (Wildman–Crippen MR) is 98.0 cm³/mol. The van der Waals surface area contributed by atoms with E-state index in [0.29, 0.717) is 6.54 Å². The third-order valence-corrected chi connectivity index (χ3v) is 4.74. The van der Waals surface area contributed by atoms with Crippen LogP contribution in [0.1, 0.15) is 35.7 Å². The Morgan fingerprint density at radius 3 is 2.67 bits per heavy atom.